The highest BCUT2D eigenvalue weighted by atomic mass is 19.4. The van der Waals surface area contributed by atoms with Crippen LogP contribution in [0.4, 0.5) is 18.9 Å². The largest absolute Gasteiger partial charge is 0.496 e. The average molecular weight is 541 g/mol. The Bertz CT molecular complexity index is 1110. The van der Waals surface area contributed by atoms with E-state index in [0.717, 1.165) is 31.5 Å². The van der Waals surface area contributed by atoms with Gasteiger partial charge in [-0.2, -0.15) is 13.2 Å². The normalized spacial score (nSPS) is 16.8. The van der Waals surface area contributed by atoms with Crippen LogP contribution in [0.25, 0.3) is 0 Å². The van der Waals surface area contributed by atoms with E-state index in [-0.39, 0.29) is 48.6 Å². The van der Waals surface area contributed by atoms with Gasteiger partial charge in [-0.3, -0.25) is 9.59 Å². The molecule has 3 rings (SSSR count). The number of likely N-dealkylation sites (tertiary alicyclic amines) is 1. The predicted octanol–water partition coefficient (Wildman–Crippen LogP) is 4.65. The van der Waals surface area contributed by atoms with Crippen LogP contribution >= 0.6 is 0 Å². The molecule has 0 aromatic heterocycles. The van der Waals surface area contributed by atoms with E-state index in [9.17, 15) is 32.7 Å². The lowest BCUT2D eigenvalue weighted by Gasteiger charge is -2.28. The number of alkyl halides is 3. The number of hydrogen-bond donors (Lipinski definition) is 1. The second-order valence-corrected chi connectivity index (χ2v) is 9.79. The van der Waals surface area contributed by atoms with Crippen LogP contribution in [0.2, 0.25) is 0 Å². The molecule has 0 bridgehead atoms. The van der Waals surface area contributed by atoms with Crippen molar-refractivity contribution < 1.29 is 42.1 Å². The molecule has 1 saturated heterocycles. The van der Waals surface area contributed by atoms with E-state index in [0.29, 0.717) is 29.0 Å². The van der Waals surface area contributed by atoms with Crippen LogP contribution < -0.4 is 9.64 Å². The van der Waals surface area contributed by atoms with Crippen molar-refractivity contribution in [3.05, 3.63) is 33.9 Å². The number of rotatable bonds is 11. The number of cyclic esters (lactones) is 1. The molecule has 0 saturated carbocycles. The standard InChI is InChI=1S/C27H35F3N2O6/c1-5-32(26(36)27(28,29)30)22-19(23(37-4)17(3)20-15-38-25(35)21(20)22)9-8-16(2)14-18(24(33)34)10-13-31-11-6-7-12-31/h8,18H,5-7,9-15H2,1-4H3,(H,33,34)/b16-8+. The molecular weight excluding hydrogens is 505 g/mol. The summed E-state index contributed by atoms with van der Waals surface area (Å²) in [4.78, 5) is 39.8. The van der Waals surface area contributed by atoms with Crippen LogP contribution in [0.15, 0.2) is 11.6 Å². The molecule has 1 unspecified atom stereocenters. The lowest BCUT2D eigenvalue weighted by Crippen LogP contribution is -2.42. The smallest absolute Gasteiger partial charge is 0.471 e. The minimum atomic E-state index is -5.16. The third kappa shape index (κ3) is 6.31. The van der Waals surface area contributed by atoms with Gasteiger partial charge in [0.25, 0.3) is 0 Å². The first-order valence-corrected chi connectivity index (χ1v) is 12.8. The third-order valence-corrected chi connectivity index (χ3v) is 7.29. The van der Waals surface area contributed by atoms with Gasteiger partial charge in [-0.25, -0.2) is 4.79 Å². The van der Waals surface area contributed by atoms with Crippen LogP contribution in [-0.4, -0.2) is 67.3 Å². The Labute approximate surface area is 220 Å². The molecule has 0 aliphatic carbocycles. The van der Waals surface area contributed by atoms with E-state index in [1.807, 2.05) is 0 Å². The fraction of sp³-hybridized carbons (Fsp3) is 0.593. The predicted molar refractivity (Wildman–Crippen MR) is 134 cm³/mol. The number of amides is 1. The highest BCUT2D eigenvalue weighted by Crippen LogP contribution is 2.44. The van der Waals surface area contributed by atoms with Crippen molar-refractivity contribution in [1.29, 1.82) is 0 Å². The maximum atomic E-state index is 13.5. The molecule has 210 valence electrons. The summed E-state index contributed by atoms with van der Waals surface area (Å²) in [6.45, 7) is 7.01. The summed E-state index contributed by atoms with van der Waals surface area (Å²) in [7, 11) is 1.37. The van der Waals surface area contributed by atoms with Gasteiger partial charge in [-0.15, -0.1) is 0 Å². The monoisotopic (exact) mass is 540 g/mol. The molecule has 2 aliphatic rings. The van der Waals surface area contributed by atoms with Crippen molar-refractivity contribution in [2.24, 2.45) is 5.92 Å². The Morgan fingerprint density at radius 3 is 2.47 bits per heavy atom. The van der Waals surface area contributed by atoms with E-state index >= 15 is 0 Å². The van der Waals surface area contributed by atoms with Crippen molar-refractivity contribution in [3.8, 4) is 5.75 Å². The van der Waals surface area contributed by atoms with Gasteiger partial charge in [-0.05, 0) is 78.1 Å². The third-order valence-electron chi connectivity index (χ3n) is 7.29. The lowest BCUT2D eigenvalue weighted by atomic mass is 9.91. The van der Waals surface area contributed by atoms with Gasteiger partial charge >= 0.3 is 24.0 Å². The second-order valence-electron chi connectivity index (χ2n) is 9.79. The van der Waals surface area contributed by atoms with Crippen LogP contribution in [0.1, 0.15) is 66.6 Å². The summed E-state index contributed by atoms with van der Waals surface area (Å²) in [5.41, 5.74) is 1.65. The Balaban J connectivity index is 1.99. The maximum absolute atomic E-state index is 13.5. The quantitative estimate of drug-likeness (QED) is 0.322. The number of ether oxygens (including phenoxy) is 2. The van der Waals surface area contributed by atoms with Crippen LogP contribution in [0.5, 0.6) is 5.75 Å². The van der Waals surface area contributed by atoms with Crippen molar-refractivity contribution in [1.82, 2.24) is 4.90 Å². The first-order chi connectivity index (χ1) is 17.9. The summed E-state index contributed by atoms with van der Waals surface area (Å²) in [5.74, 6) is -4.15. The number of aliphatic carboxylic acids is 1. The first kappa shape index (κ1) is 29.5. The van der Waals surface area contributed by atoms with E-state index in [1.54, 1.807) is 19.9 Å². The molecule has 38 heavy (non-hydrogen) atoms. The molecule has 1 aromatic carbocycles. The fourth-order valence-corrected chi connectivity index (χ4v) is 5.29. The van der Waals surface area contributed by atoms with E-state index in [4.69, 9.17) is 9.47 Å². The molecule has 1 amide bonds. The number of hydrogen-bond acceptors (Lipinski definition) is 6. The zero-order valence-electron chi connectivity index (χ0n) is 22.2. The zero-order valence-corrected chi connectivity index (χ0v) is 22.2. The molecule has 2 heterocycles. The Morgan fingerprint density at radius 1 is 1.26 bits per heavy atom. The number of carboxylic acid groups (broad SMARTS) is 1. The highest BCUT2D eigenvalue weighted by Gasteiger charge is 2.45. The number of allylic oxidation sites excluding steroid dienone is 2. The highest BCUT2D eigenvalue weighted by molar-refractivity contribution is 6.08. The van der Waals surface area contributed by atoms with Crippen molar-refractivity contribution in [3.63, 3.8) is 0 Å². The summed E-state index contributed by atoms with van der Waals surface area (Å²) < 4.78 is 51.3. The van der Waals surface area contributed by atoms with Crippen LogP contribution in [0.3, 0.4) is 0 Å². The lowest BCUT2D eigenvalue weighted by molar-refractivity contribution is -0.170. The average Bonchev–Trinajstić information content (AvgIpc) is 3.51. The summed E-state index contributed by atoms with van der Waals surface area (Å²) in [6, 6.07) is 0. The summed E-state index contributed by atoms with van der Waals surface area (Å²) in [6.07, 6.45) is -0.414. The molecule has 1 atom stereocenters. The molecule has 1 fully saturated rings. The minimum absolute atomic E-state index is 0.0336. The number of carbonyl (C=O) groups excluding carboxylic acids is 2. The van der Waals surface area contributed by atoms with Gasteiger partial charge in [-0.1, -0.05) is 11.6 Å². The van der Waals surface area contributed by atoms with Gasteiger partial charge in [0.2, 0.25) is 0 Å². The molecular formula is C27H35F3N2O6. The number of nitrogens with zero attached hydrogens (tertiary/aromatic N) is 2. The number of carboxylic acids is 1. The van der Waals surface area contributed by atoms with Crippen molar-refractivity contribution >= 4 is 23.5 Å². The second kappa shape index (κ2) is 12.2. The number of carbonyl (C=O) groups is 3. The Hall–Kier alpha value is -3.08. The van der Waals surface area contributed by atoms with Gasteiger partial charge in [0, 0.05) is 17.7 Å². The van der Waals surface area contributed by atoms with Gasteiger partial charge in [0.05, 0.1) is 24.3 Å². The minimum Gasteiger partial charge on any atom is -0.496 e. The summed E-state index contributed by atoms with van der Waals surface area (Å²) >= 11 is 0. The van der Waals surface area contributed by atoms with Crippen molar-refractivity contribution in [2.75, 3.05) is 38.2 Å². The molecule has 11 heteroatoms. The SMILES string of the molecule is CCN(C(=O)C(F)(F)F)c1c(C/C=C(\C)CC(CCN2CCCC2)C(=O)O)c(OC)c(C)c2c1C(=O)OC2. The fourth-order valence-electron chi connectivity index (χ4n) is 5.29. The maximum Gasteiger partial charge on any atom is 0.471 e. The van der Waals surface area contributed by atoms with Gasteiger partial charge in [0.15, 0.2) is 0 Å². The number of benzene rings is 1. The van der Waals surface area contributed by atoms with E-state index < -0.39 is 29.9 Å². The number of halogens is 3. The van der Waals surface area contributed by atoms with E-state index in [2.05, 4.69) is 4.90 Å². The topological polar surface area (TPSA) is 96.4 Å². The van der Waals surface area contributed by atoms with Crippen LogP contribution in [0, 0.1) is 12.8 Å². The molecule has 1 aromatic rings. The number of anilines is 1. The molecule has 2 aliphatic heterocycles. The van der Waals surface area contributed by atoms with Crippen molar-refractivity contribution in [2.45, 2.75) is 65.7 Å². The van der Waals surface area contributed by atoms with Crippen LogP contribution in [-0.2, 0) is 27.4 Å². The number of methoxy groups -OCH3 is 1. The molecule has 0 spiro atoms. The molecule has 1 N–H and O–H groups in total. The Morgan fingerprint density at radius 2 is 1.92 bits per heavy atom. The van der Waals surface area contributed by atoms with E-state index in [1.165, 1.54) is 14.0 Å². The van der Waals surface area contributed by atoms with Gasteiger partial charge in [0.1, 0.15) is 12.4 Å². The Kier molecular flexibility index (Phi) is 9.45. The zero-order chi connectivity index (χ0) is 28.2. The molecule has 8 nitrogen and oxygen atoms in total. The summed E-state index contributed by atoms with van der Waals surface area (Å²) in [5, 5.41) is 9.75. The first-order valence-electron chi connectivity index (χ1n) is 12.8. The number of esters is 1. The molecule has 0 radical (unpaired) electrons. The van der Waals surface area contributed by atoms with Gasteiger partial charge < -0.3 is 24.4 Å². The number of fused-ring (bicyclic) bond motifs is 1.